The van der Waals surface area contributed by atoms with Gasteiger partial charge in [-0.15, -0.1) is 0 Å². The first-order chi connectivity index (χ1) is 47.2. The molecular weight excluding hydrogens is 1320 g/mol. The maximum absolute atomic E-state index is 15.8. The summed E-state index contributed by atoms with van der Waals surface area (Å²) in [6, 6.07) is -5.50. The predicted octanol–water partition coefficient (Wildman–Crippen LogP) is 6.03. The number of nitrogens with one attached hydrogen (secondary N) is 3. The monoisotopic (exact) mass is 1430 g/mol. The molecule has 24 nitrogen and oxygen atoms in total. The molecule has 3 saturated heterocycles. The van der Waals surface area contributed by atoms with Crippen LogP contribution >= 0.6 is 11.6 Å². The maximum Gasteiger partial charge on any atom is 0.417 e. The van der Waals surface area contributed by atoms with Crippen LogP contribution in [0.4, 0.5) is 13.2 Å². The Balaban J connectivity index is 1.29. The average molecular weight is 1430 g/mol. The van der Waals surface area contributed by atoms with Gasteiger partial charge < -0.3 is 60.0 Å². The molecule has 6 fully saturated rings. The smallest absolute Gasteiger partial charge is 0.343 e. The SMILES string of the molecule is CC[C@H](C)[C@@H]1NC(=O)[C@H](CC(C)C)N(C)C(=O)C[C@@H](C(=O)N2CCCCC2)N(C)C(=O)[C@H](C2CCCCC2)N(C)C(=O)C2(CCCC2)NC(=O)[C@@H]2CCCN2C(=O)[C@H](CCc2ccc(C(F)(F)F)c(Cl)c2)NC(=O)CN(C)C(=O)[C@H](C2CCCCC2)N(C)C(=O)CN(C)C(=O)CN(C)C1=O. The minimum Gasteiger partial charge on any atom is -0.343 e. The quantitative estimate of drug-likeness (QED) is 0.242. The lowest BCUT2D eigenvalue weighted by atomic mass is 9.81. The van der Waals surface area contributed by atoms with Crippen molar-refractivity contribution in [3.05, 3.63) is 34.3 Å². The number of likely N-dealkylation sites (tertiary alicyclic amines) is 1. The van der Waals surface area contributed by atoms with E-state index in [0.29, 0.717) is 82.9 Å². The Labute approximate surface area is 593 Å². The average Bonchev–Trinajstić information content (AvgIpc) is 1.43. The van der Waals surface area contributed by atoms with Gasteiger partial charge in [0.15, 0.2) is 0 Å². The van der Waals surface area contributed by atoms with Crippen LogP contribution in [0.15, 0.2) is 18.2 Å². The molecule has 1 spiro atoms. The zero-order chi connectivity index (χ0) is 73.7. The highest BCUT2D eigenvalue weighted by Crippen LogP contribution is 2.39. The largest absolute Gasteiger partial charge is 0.417 e. The van der Waals surface area contributed by atoms with Crippen LogP contribution in [0.2, 0.25) is 5.02 Å². The fourth-order valence-corrected chi connectivity index (χ4v) is 16.1. The van der Waals surface area contributed by atoms with Crippen LogP contribution in [-0.4, -0.2) is 251 Å². The first-order valence-electron chi connectivity index (χ1n) is 36.4. The van der Waals surface area contributed by atoms with Crippen molar-refractivity contribution in [2.24, 2.45) is 23.7 Å². The van der Waals surface area contributed by atoms with Crippen molar-refractivity contribution in [1.82, 2.24) is 60.0 Å². The van der Waals surface area contributed by atoms with Crippen molar-refractivity contribution in [2.45, 2.75) is 236 Å². The summed E-state index contributed by atoms with van der Waals surface area (Å²) in [6.07, 6.45) is 6.09. The van der Waals surface area contributed by atoms with E-state index >= 15 is 28.8 Å². The zero-order valence-corrected chi connectivity index (χ0v) is 61.5. The van der Waals surface area contributed by atoms with E-state index in [0.717, 1.165) is 71.8 Å². The van der Waals surface area contributed by atoms with Crippen LogP contribution in [0.5, 0.6) is 0 Å². The number of benzene rings is 1. The number of alkyl halides is 3. The van der Waals surface area contributed by atoms with E-state index in [-0.39, 0.29) is 56.9 Å². The Bertz CT molecular complexity index is 3120. The Hall–Kier alpha value is -7.06. The number of hydrogen-bond donors (Lipinski definition) is 3. The molecule has 0 bridgehead atoms. The topological polar surface area (TPSA) is 270 Å². The molecule has 1 aromatic carbocycles. The van der Waals surface area contributed by atoms with E-state index in [2.05, 4.69) is 16.0 Å². The third-order valence-electron chi connectivity index (χ3n) is 22.1. The number of amides is 12. The lowest BCUT2D eigenvalue weighted by molar-refractivity contribution is -0.157. The summed E-state index contributed by atoms with van der Waals surface area (Å²) in [5.74, 6) is -9.04. The number of fused-ring (bicyclic) bond motifs is 1. The molecule has 3 saturated carbocycles. The number of hydrogen-bond acceptors (Lipinski definition) is 12. The van der Waals surface area contributed by atoms with Gasteiger partial charge in [-0.2, -0.15) is 13.2 Å². The third-order valence-corrected chi connectivity index (χ3v) is 22.4. The van der Waals surface area contributed by atoms with Crippen LogP contribution in [0, 0.1) is 23.7 Å². The molecule has 3 aliphatic carbocycles. The van der Waals surface area contributed by atoms with Crippen LogP contribution in [0.1, 0.15) is 187 Å². The van der Waals surface area contributed by atoms with Crippen molar-refractivity contribution in [3.8, 4) is 0 Å². The molecule has 0 radical (unpaired) electrons. The fraction of sp³-hybridized carbons (Fsp3) is 0.750. The number of likely N-dealkylation sites (N-methyl/N-ethyl adjacent to an activating group) is 7. The summed E-state index contributed by atoms with van der Waals surface area (Å²) >= 11 is 6.16. The van der Waals surface area contributed by atoms with Crippen LogP contribution in [-0.2, 0) is 70.1 Å². The minimum atomic E-state index is -4.76. The van der Waals surface area contributed by atoms with Crippen LogP contribution in [0.3, 0.4) is 0 Å². The van der Waals surface area contributed by atoms with Gasteiger partial charge in [0, 0.05) is 69.0 Å². The normalized spacial score (nSPS) is 26.9. The molecule has 6 aliphatic rings. The maximum atomic E-state index is 15.8. The summed E-state index contributed by atoms with van der Waals surface area (Å²) in [5.41, 5.74) is -2.33. The second-order valence-corrected chi connectivity index (χ2v) is 30.2. The Morgan fingerprint density at radius 2 is 1.17 bits per heavy atom. The molecule has 3 N–H and O–H groups in total. The summed E-state index contributed by atoms with van der Waals surface area (Å²) in [7, 11) is 10.0. The molecular formula is C72H110ClF3N12O12. The summed E-state index contributed by atoms with van der Waals surface area (Å²) in [5, 5.41) is 8.19. The molecule has 0 unspecified atom stereocenters. The van der Waals surface area contributed by atoms with E-state index in [1.54, 1.807) is 11.8 Å². The van der Waals surface area contributed by atoms with Crippen LogP contribution in [0.25, 0.3) is 0 Å². The standard InChI is InChI=1S/C72H110ClF3N12O12/c1-12-46(4)60-67(97)82(7)43-58(91)80(5)44-59(92)85(10)61(48-25-16-13-17-26-48)68(98)81(6)42-56(89)77-52(33-31-47-30-32-50(51(73)40-47)72(74,75)76)65(95)88-38-24-29-53(88)64(94)79-71(34-20-21-35-71)70(100)86(11)62(49-27-18-14-19-28-49)69(99)84(9)55(66(96)87-36-22-15-23-37-87)41-57(90)83(8)54(39-45(2)3)63(93)78-60/h30,32,40,45-46,48-49,52-55,60-62H,12-29,31,33-39,41-44H2,1-11H3,(H,77,89)(H,78,93)(H,79,94)/t46-,52-,53-,54-,55-,60-,61-,62-/m0/s1. The van der Waals surface area contributed by atoms with E-state index in [4.69, 9.17) is 11.6 Å². The third kappa shape index (κ3) is 19.8. The van der Waals surface area contributed by atoms with E-state index in [1.807, 2.05) is 20.8 Å². The van der Waals surface area contributed by atoms with E-state index in [9.17, 15) is 41.9 Å². The van der Waals surface area contributed by atoms with Gasteiger partial charge in [-0.05, 0) is 131 Å². The number of halogens is 4. The number of rotatable bonds is 10. The molecule has 3 aliphatic heterocycles. The van der Waals surface area contributed by atoms with Gasteiger partial charge in [0.2, 0.25) is 70.9 Å². The van der Waals surface area contributed by atoms with Crippen LogP contribution < -0.4 is 16.0 Å². The van der Waals surface area contributed by atoms with Crippen molar-refractivity contribution in [2.75, 3.05) is 88.6 Å². The van der Waals surface area contributed by atoms with Gasteiger partial charge in [0.25, 0.3) is 0 Å². The first kappa shape index (κ1) is 80.3. The molecule has 28 heteroatoms. The van der Waals surface area contributed by atoms with Gasteiger partial charge in [-0.3, -0.25) is 57.5 Å². The van der Waals surface area contributed by atoms with Crippen molar-refractivity contribution < 1.29 is 70.7 Å². The lowest BCUT2D eigenvalue weighted by Crippen LogP contribution is -2.65. The van der Waals surface area contributed by atoms with Crippen molar-refractivity contribution in [1.29, 1.82) is 0 Å². The van der Waals surface area contributed by atoms with Gasteiger partial charge in [0.1, 0.15) is 47.8 Å². The number of carbonyl (C=O) groups is 12. The first-order valence-corrected chi connectivity index (χ1v) is 36.7. The highest BCUT2D eigenvalue weighted by molar-refractivity contribution is 6.31. The minimum absolute atomic E-state index is 0.0398. The molecule has 558 valence electrons. The molecule has 12 amide bonds. The number of aryl methyl sites for hydroxylation is 1. The highest BCUT2D eigenvalue weighted by Gasteiger charge is 2.52. The predicted molar refractivity (Wildman–Crippen MR) is 369 cm³/mol. The van der Waals surface area contributed by atoms with Gasteiger partial charge in [0.05, 0.1) is 36.6 Å². The second kappa shape index (κ2) is 35.7. The van der Waals surface area contributed by atoms with E-state index in [1.165, 1.54) is 79.9 Å². The highest BCUT2D eigenvalue weighted by atomic mass is 35.5. The van der Waals surface area contributed by atoms with E-state index < -0.39 is 173 Å². The molecule has 7 rings (SSSR count). The fourth-order valence-electron chi connectivity index (χ4n) is 15.8. The molecule has 100 heavy (non-hydrogen) atoms. The number of piperidine rings is 1. The van der Waals surface area contributed by atoms with Crippen molar-refractivity contribution >= 4 is 82.5 Å². The summed E-state index contributed by atoms with van der Waals surface area (Å²) < 4.78 is 41.6. The molecule has 3 heterocycles. The zero-order valence-electron chi connectivity index (χ0n) is 60.7. The number of carbonyl (C=O) groups excluding carboxylic acids is 12. The summed E-state index contributed by atoms with van der Waals surface area (Å²) in [6.45, 7) is 6.47. The van der Waals surface area contributed by atoms with Gasteiger partial charge in [-0.25, -0.2) is 0 Å². The summed E-state index contributed by atoms with van der Waals surface area (Å²) in [4.78, 5) is 191. The Kier molecular flexibility index (Phi) is 28.7. The molecule has 8 atom stereocenters. The molecule has 1 aromatic rings. The Morgan fingerprint density at radius 1 is 0.600 bits per heavy atom. The lowest BCUT2D eigenvalue weighted by Gasteiger charge is -2.43. The van der Waals surface area contributed by atoms with Crippen molar-refractivity contribution in [3.63, 3.8) is 0 Å². The number of nitrogens with zero attached hydrogens (tertiary/aromatic N) is 9. The van der Waals surface area contributed by atoms with Gasteiger partial charge >= 0.3 is 6.18 Å². The second-order valence-electron chi connectivity index (χ2n) is 29.8. The van der Waals surface area contributed by atoms with Gasteiger partial charge in [-0.1, -0.05) is 103 Å². The molecule has 0 aromatic heterocycles. The Morgan fingerprint density at radius 3 is 1.74 bits per heavy atom.